The van der Waals surface area contributed by atoms with Gasteiger partial charge in [0.1, 0.15) is 0 Å². The number of para-hydroxylation sites is 2. The molecule has 0 unspecified atom stereocenters. The van der Waals surface area contributed by atoms with E-state index in [0.29, 0.717) is 11.5 Å². The van der Waals surface area contributed by atoms with Gasteiger partial charge < -0.3 is 14.0 Å². The van der Waals surface area contributed by atoms with Crippen LogP contribution in [0.25, 0.3) is 5.69 Å². The van der Waals surface area contributed by atoms with E-state index in [1.165, 1.54) is 5.56 Å². The molecule has 1 aromatic heterocycles. The molecule has 3 aromatic rings. The Kier molecular flexibility index (Phi) is 6.91. The molecule has 0 radical (unpaired) electrons. The molecule has 0 aliphatic rings. The molecule has 0 saturated heterocycles. The molecule has 0 spiro atoms. The minimum Gasteiger partial charge on any atom is -0.493 e. The third-order valence-electron chi connectivity index (χ3n) is 4.89. The quantitative estimate of drug-likeness (QED) is 0.451. The summed E-state index contributed by atoms with van der Waals surface area (Å²) in [4.78, 5) is 12.0. The van der Waals surface area contributed by atoms with Gasteiger partial charge in [-0.3, -0.25) is 4.79 Å². The lowest BCUT2D eigenvalue weighted by Gasteiger charge is -2.10. The number of nitrogens with one attached hydrogen (secondary N) is 1. The van der Waals surface area contributed by atoms with E-state index in [1.54, 1.807) is 25.5 Å². The van der Waals surface area contributed by atoms with Gasteiger partial charge >= 0.3 is 0 Å². The van der Waals surface area contributed by atoms with Gasteiger partial charge in [-0.2, -0.15) is 5.10 Å². The summed E-state index contributed by atoms with van der Waals surface area (Å²) in [7, 11) is 1.56. The summed E-state index contributed by atoms with van der Waals surface area (Å²) in [6, 6.07) is 17.8. The average Bonchev–Trinajstić information content (AvgIpc) is 3.05. The number of nitrogens with zero attached hydrogens (tertiary/aromatic N) is 2. The lowest BCUT2D eigenvalue weighted by atomic mass is 10.1. The molecule has 0 aliphatic carbocycles. The van der Waals surface area contributed by atoms with E-state index in [0.717, 1.165) is 29.1 Å². The number of aromatic nitrogens is 1. The zero-order valence-electron chi connectivity index (χ0n) is 17.8. The predicted molar refractivity (Wildman–Crippen MR) is 119 cm³/mol. The van der Waals surface area contributed by atoms with Crippen LogP contribution < -0.4 is 14.9 Å². The molecule has 30 heavy (non-hydrogen) atoms. The normalized spacial score (nSPS) is 10.9. The molecule has 6 heteroatoms. The fraction of sp³-hybridized carbons (Fsp3) is 0.250. The molecule has 1 heterocycles. The Labute approximate surface area is 177 Å². The number of hydrogen-bond donors (Lipinski definition) is 1. The van der Waals surface area contributed by atoms with Gasteiger partial charge in [0.2, 0.25) is 0 Å². The van der Waals surface area contributed by atoms with E-state index in [1.807, 2.05) is 25.1 Å². The fourth-order valence-electron chi connectivity index (χ4n) is 3.28. The van der Waals surface area contributed by atoms with Crippen molar-refractivity contribution in [1.82, 2.24) is 9.99 Å². The number of rotatable bonds is 8. The van der Waals surface area contributed by atoms with Crippen molar-refractivity contribution in [2.45, 2.75) is 27.2 Å². The molecule has 0 bridgehead atoms. The highest BCUT2D eigenvalue weighted by Crippen LogP contribution is 2.25. The summed E-state index contributed by atoms with van der Waals surface area (Å²) >= 11 is 0. The van der Waals surface area contributed by atoms with E-state index in [4.69, 9.17) is 9.47 Å². The molecule has 6 nitrogen and oxygen atoms in total. The first kappa shape index (κ1) is 21.2. The van der Waals surface area contributed by atoms with Crippen molar-refractivity contribution in [1.29, 1.82) is 0 Å². The van der Waals surface area contributed by atoms with Crippen LogP contribution in [0, 0.1) is 13.8 Å². The Morgan fingerprint density at radius 3 is 2.47 bits per heavy atom. The molecule has 0 aliphatic heterocycles. The highest BCUT2D eigenvalue weighted by molar-refractivity contribution is 5.84. The first-order valence-electron chi connectivity index (χ1n) is 9.89. The topological polar surface area (TPSA) is 64.9 Å². The van der Waals surface area contributed by atoms with Crippen LogP contribution in [-0.2, 0) is 11.2 Å². The van der Waals surface area contributed by atoms with Crippen molar-refractivity contribution in [2.75, 3.05) is 13.7 Å². The second-order valence-corrected chi connectivity index (χ2v) is 6.91. The summed E-state index contributed by atoms with van der Waals surface area (Å²) in [6.07, 6.45) is 2.67. The third kappa shape index (κ3) is 4.89. The van der Waals surface area contributed by atoms with Crippen molar-refractivity contribution >= 4 is 12.1 Å². The first-order chi connectivity index (χ1) is 14.5. The van der Waals surface area contributed by atoms with Gasteiger partial charge in [0.15, 0.2) is 18.1 Å². The number of benzene rings is 2. The van der Waals surface area contributed by atoms with Gasteiger partial charge in [0.25, 0.3) is 5.91 Å². The van der Waals surface area contributed by atoms with Crippen LogP contribution in [0.1, 0.15) is 29.4 Å². The first-order valence-corrected chi connectivity index (χ1v) is 9.89. The number of amides is 1. The van der Waals surface area contributed by atoms with Crippen molar-refractivity contribution in [3.05, 3.63) is 77.1 Å². The highest BCUT2D eigenvalue weighted by Gasteiger charge is 2.10. The summed E-state index contributed by atoms with van der Waals surface area (Å²) < 4.78 is 12.9. The van der Waals surface area contributed by atoms with Gasteiger partial charge in [0, 0.05) is 22.6 Å². The molecule has 2 aromatic carbocycles. The molecule has 0 saturated carbocycles. The van der Waals surface area contributed by atoms with E-state index in [-0.39, 0.29) is 12.5 Å². The molecular weight excluding hydrogens is 378 g/mol. The Hall–Kier alpha value is -3.54. The fourth-order valence-corrected chi connectivity index (χ4v) is 3.28. The Morgan fingerprint density at radius 1 is 1.10 bits per heavy atom. The third-order valence-corrected chi connectivity index (χ3v) is 4.89. The molecular formula is C24H27N3O3. The number of hydrazone groups is 1. The van der Waals surface area contributed by atoms with Gasteiger partial charge in [-0.15, -0.1) is 0 Å². The van der Waals surface area contributed by atoms with Crippen LogP contribution in [0.3, 0.4) is 0 Å². The van der Waals surface area contributed by atoms with E-state index < -0.39 is 0 Å². The van der Waals surface area contributed by atoms with Crippen molar-refractivity contribution < 1.29 is 14.3 Å². The minimum atomic E-state index is -0.346. The Bertz CT molecular complexity index is 1040. The molecule has 1 N–H and O–H groups in total. The zero-order valence-corrected chi connectivity index (χ0v) is 17.8. The molecule has 3 rings (SSSR count). The standard InChI is InChI=1S/C24H27N3O3/c1-5-19-10-12-21(13-11-19)27-17(2)14-20(18(27)3)15-25-26-24(28)16-30-23-9-7-6-8-22(23)29-4/h6-15H,5,16H2,1-4H3,(H,26,28)/b25-15+. The second kappa shape index (κ2) is 9.78. The van der Waals surface area contributed by atoms with E-state index >= 15 is 0 Å². The highest BCUT2D eigenvalue weighted by atomic mass is 16.5. The lowest BCUT2D eigenvalue weighted by Crippen LogP contribution is -2.24. The number of carbonyl (C=O) groups is 1. The number of hydrogen-bond acceptors (Lipinski definition) is 4. The lowest BCUT2D eigenvalue weighted by molar-refractivity contribution is -0.123. The monoisotopic (exact) mass is 405 g/mol. The van der Waals surface area contributed by atoms with Gasteiger partial charge in [-0.1, -0.05) is 31.2 Å². The smallest absolute Gasteiger partial charge is 0.277 e. The summed E-state index contributed by atoms with van der Waals surface area (Å²) in [5, 5.41) is 4.08. The number of carbonyl (C=O) groups excluding carboxylic acids is 1. The van der Waals surface area contributed by atoms with Crippen LogP contribution >= 0.6 is 0 Å². The second-order valence-electron chi connectivity index (χ2n) is 6.91. The number of aryl methyl sites for hydroxylation is 2. The maximum absolute atomic E-state index is 12.0. The minimum absolute atomic E-state index is 0.152. The van der Waals surface area contributed by atoms with E-state index in [9.17, 15) is 4.79 Å². The van der Waals surface area contributed by atoms with Gasteiger partial charge in [0.05, 0.1) is 13.3 Å². The van der Waals surface area contributed by atoms with Gasteiger partial charge in [-0.05, 0) is 56.2 Å². The molecule has 0 atom stereocenters. The zero-order chi connectivity index (χ0) is 21.5. The van der Waals surface area contributed by atoms with Crippen LogP contribution in [0.15, 0.2) is 59.7 Å². The number of methoxy groups -OCH3 is 1. The Morgan fingerprint density at radius 2 is 1.80 bits per heavy atom. The summed E-state index contributed by atoms with van der Waals surface area (Å²) in [6.45, 7) is 6.08. The maximum Gasteiger partial charge on any atom is 0.277 e. The van der Waals surface area contributed by atoms with Crippen LogP contribution in [0.5, 0.6) is 11.5 Å². The maximum atomic E-state index is 12.0. The summed E-state index contributed by atoms with van der Waals surface area (Å²) in [5.41, 5.74) is 8.02. The van der Waals surface area contributed by atoms with Crippen molar-refractivity contribution in [3.8, 4) is 17.2 Å². The average molecular weight is 405 g/mol. The van der Waals surface area contributed by atoms with Crippen LogP contribution in [0.2, 0.25) is 0 Å². The van der Waals surface area contributed by atoms with Crippen LogP contribution in [0.4, 0.5) is 0 Å². The van der Waals surface area contributed by atoms with Crippen LogP contribution in [-0.4, -0.2) is 30.4 Å². The van der Waals surface area contributed by atoms with Crippen molar-refractivity contribution in [3.63, 3.8) is 0 Å². The van der Waals surface area contributed by atoms with E-state index in [2.05, 4.69) is 53.2 Å². The largest absolute Gasteiger partial charge is 0.493 e. The van der Waals surface area contributed by atoms with Crippen molar-refractivity contribution in [2.24, 2.45) is 5.10 Å². The molecule has 1 amide bonds. The molecule has 0 fully saturated rings. The number of ether oxygens (including phenoxy) is 2. The Balaban J connectivity index is 1.62. The molecule has 156 valence electrons. The SMILES string of the molecule is CCc1ccc(-n2c(C)cc(/C=N/NC(=O)COc3ccccc3OC)c2C)cc1. The predicted octanol–water partition coefficient (Wildman–Crippen LogP) is 4.19. The summed E-state index contributed by atoms with van der Waals surface area (Å²) in [5.74, 6) is 0.742. The van der Waals surface area contributed by atoms with Gasteiger partial charge in [-0.25, -0.2) is 5.43 Å².